The van der Waals surface area contributed by atoms with E-state index < -0.39 is 0 Å². The third-order valence-corrected chi connectivity index (χ3v) is 4.96. The summed E-state index contributed by atoms with van der Waals surface area (Å²) in [6.45, 7) is 7.60. The third kappa shape index (κ3) is 3.29. The molecule has 4 nitrogen and oxygen atoms in total. The standard InChI is InChI=1S/C15H29N3O/c1-15(2)8-5-9-16-13(15)14(19)18(4)12-6-10-17(3)11-7-12/h12-13,16H,5-11H2,1-4H3. The number of rotatable bonds is 2. The Kier molecular flexibility index (Phi) is 4.51. The number of nitrogens with one attached hydrogen (secondary N) is 1. The molecule has 0 spiro atoms. The maximum atomic E-state index is 12.7. The Morgan fingerprint density at radius 3 is 2.53 bits per heavy atom. The van der Waals surface area contributed by atoms with E-state index in [1.165, 1.54) is 6.42 Å². The molecule has 1 amide bonds. The van der Waals surface area contributed by atoms with Crippen LogP contribution in [-0.2, 0) is 4.79 Å². The molecule has 2 aliphatic rings. The van der Waals surface area contributed by atoms with Crippen LogP contribution >= 0.6 is 0 Å². The van der Waals surface area contributed by atoms with E-state index in [1.54, 1.807) is 0 Å². The Balaban J connectivity index is 1.98. The number of carbonyl (C=O) groups excluding carboxylic acids is 1. The lowest BCUT2D eigenvalue weighted by molar-refractivity contribution is -0.139. The van der Waals surface area contributed by atoms with Crippen molar-refractivity contribution < 1.29 is 4.79 Å². The molecule has 0 aromatic heterocycles. The molecule has 4 heteroatoms. The van der Waals surface area contributed by atoms with Crippen molar-refractivity contribution >= 4 is 5.91 Å². The van der Waals surface area contributed by atoms with Crippen molar-refractivity contribution in [3.05, 3.63) is 0 Å². The largest absolute Gasteiger partial charge is 0.341 e. The van der Waals surface area contributed by atoms with Gasteiger partial charge in [0.15, 0.2) is 0 Å². The number of amides is 1. The molecule has 0 radical (unpaired) electrons. The van der Waals surface area contributed by atoms with Crippen molar-refractivity contribution in [1.29, 1.82) is 0 Å². The molecule has 0 saturated carbocycles. The molecule has 0 bridgehead atoms. The first-order valence-electron chi connectivity index (χ1n) is 7.60. The minimum atomic E-state index is -0.00842. The van der Waals surface area contributed by atoms with Crippen molar-refractivity contribution in [3.8, 4) is 0 Å². The van der Waals surface area contributed by atoms with Crippen LogP contribution in [0, 0.1) is 5.41 Å². The maximum Gasteiger partial charge on any atom is 0.240 e. The molecule has 2 heterocycles. The molecule has 0 aromatic carbocycles. The summed E-state index contributed by atoms with van der Waals surface area (Å²) in [5.74, 6) is 0.291. The minimum Gasteiger partial charge on any atom is -0.341 e. The lowest BCUT2D eigenvalue weighted by atomic mass is 9.77. The molecule has 0 aromatic rings. The average molecular weight is 267 g/mol. The van der Waals surface area contributed by atoms with E-state index in [1.807, 2.05) is 11.9 Å². The van der Waals surface area contributed by atoms with Gasteiger partial charge >= 0.3 is 0 Å². The van der Waals surface area contributed by atoms with Gasteiger partial charge in [-0.25, -0.2) is 0 Å². The van der Waals surface area contributed by atoms with E-state index in [-0.39, 0.29) is 11.5 Å². The molecule has 2 aliphatic heterocycles. The van der Waals surface area contributed by atoms with E-state index in [9.17, 15) is 4.79 Å². The Bertz CT molecular complexity index is 321. The monoisotopic (exact) mass is 267 g/mol. The molecule has 1 atom stereocenters. The van der Waals surface area contributed by atoms with Crippen molar-refractivity contribution in [2.24, 2.45) is 5.41 Å². The van der Waals surface area contributed by atoms with E-state index in [2.05, 4.69) is 31.1 Å². The average Bonchev–Trinajstić information content (AvgIpc) is 2.37. The summed E-state index contributed by atoms with van der Waals surface area (Å²) >= 11 is 0. The van der Waals surface area contributed by atoms with Gasteiger partial charge in [0.1, 0.15) is 0 Å². The van der Waals surface area contributed by atoms with E-state index in [0.29, 0.717) is 11.9 Å². The van der Waals surface area contributed by atoms with Gasteiger partial charge in [0.05, 0.1) is 6.04 Å². The lowest BCUT2D eigenvalue weighted by Gasteiger charge is -2.43. The van der Waals surface area contributed by atoms with Crippen molar-refractivity contribution in [3.63, 3.8) is 0 Å². The van der Waals surface area contributed by atoms with E-state index >= 15 is 0 Å². The molecule has 2 saturated heterocycles. The highest BCUT2D eigenvalue weighted by atomic mass is 16.2. The maximum absolute atomic E-state index is 12.7. The predicted molar refractivity (Wildman–Crippen MR) is 78.1 cm³/mol. The Labute approximate surface area is 117 Å². The highest BCUT2D eigenvalue weighted by Gasteiger charge is 2.39. The lowest BCUT2D eigenvalue weighted by Crippen LogP contribution is -2.58. The summed E-state index contributed by atoms with van der Waals surface area (Å²) in [5, 5.41) is 3.44. The zero-order valence-electron chi connectivity index (χ0n) is 12.9. The van der Waals surface area contributed by atoms with Crippen molar-refractivity contribution in [2.75, 3.05) is 33.7 Å². The molecular formula is C15H29N3O. The van der Waals surface area contributed by atoms with Crippen LogP contribution in [0.3, 0.4) is 0 Å². The summed E-state index contributed by atoms with van der Waals surface area (Å²) in [4.78, 5) is 17.1. The van der Waals surface area contributed by atoms with Crippen LogP contribution < -0.4 is 5.32 Å². The van der Waals surface area contributed by atoms with E-state index in [0.717, 1.165) is 38.9 Å². The van der Waals surface area contributed by atoms with Gasteiger partial charge in [0, 0.05) is 13.1 Å². The molecule has 19 heavy (non-hydrogen) atoms. The van der Waals surface area contributed by atoms with Gasteiger partial charge in [-0.2, -0.15) is 0 Å². The fraction of sp³-hybridized carbons (Fsp3) is 0.933. The van der Waals surface area contributed by atoms with Crippen LogP contribution in [0.25, 0.3) is 0 Å². The van der Waals surface area contributed by atoms with Crippen LogP contribution in [0.15, 0.2) is 0 Å². The van der Waals surface area contributed by atoms with Gasteiger partial charge in [-0.05, 0) is 57.8 Å². The van der Waals surface area contributed by atoms with Crippen LogP contribution in [-0.4, -0.2) is 61.5 Å². The van der Waals surface area contributed by atoms with E-state index in [4.69, 9.17) is 0 Å². The molecule has 1 unspecified atom stereocenters. The Hall–Kier alpha value is -0.610. The molecule has 1 N–H and O–H groups in total. The smallest absolute Gasteiger partial charge is 0.240 e. The van der Waals surface area contributed by atoms with Crippen LogP contribution in [0.2, 0.25) is 0 Å². The van der Waals surface area contributed by atoms with Crippen LogP contribution in [0.4, 0.5) is 0 Å². The number of hydrogen-bond donors (Lipinski definition) is 1. The molecule has 0 aliphatic carbocycles. The first kappa shape index (κ1) is 14.8. The quantitative estimate of drug-likeness (QED) is 0.819. The number of carbonyl (C=O) groups is 1. The van der Waals surface area contributed by atoms with Crippen molar-refractivity contribution in [2.45, 2.75) is 51.6 Å². The van der Waals surface area contributed by atoms with Gasteiger partial charge in [-0.1, -0.05) is 13.8 Å². The Morgan fingerprint density at radius 2 is 1.95 bits per heavy atom. The summed E-state index contributed by atoms with van der Waals surface area (Å²) < 4.78 is 0. The third-order valence-electron chi connectivity index (χ3n) is 4.96. The normalized spacial score (nSPS) is 29.2. The second kappa shape index (κ2) is 5.80. The zero-order chi connectivity index (χ0) is 14.0. The fourth-order valence-electron chi connectivity index (χ4n) is 3.40. The highest BCUT2D eigenvalue weighted by Crippen LogP contribution is 2.31. The van der Waals surface area contributed by atoms with Gasteiger partial charge in [-0.15, -0.1) is 0 Å². The molecule has 2 rings (SSSR count). The predicted octanol–water partition coefficient (Wildman–Crippen LogP) is 1.32. The first-order chi connectivity index (χ1) is 8.92. The summed E-state index contributed by atoms with van der Waals surface area (Å²) in [5.41, 5.74) is 0.0784. The summed E-state index contributed by atoms with van der Waals surface area (Å²) in [6.07, 6.45) is 4.52. The topological polar surface area (TPSA) is 35.6 Å². The SMILES string of the molecule is CN1CCC(N(C)C(=O)C2NCCCC2(C)C)CC1. The minimum absolute atomic E-state index is 0.00842. The Morgan fingerprint density at radius 1 is 1.32 bits per heavy atom. The van der Waals surface area contributed by atoms with Gasteiger partial charge in [0.2, 0.25) is 5.91 Å². The number of likely N-dealkylation sites (N-methyl/N-ethyl adjacent to an activating group) is 1. The fourth-order valence-corrected chi connectivity index (χ4v) is 3.40. The van der Waals surface area contributed by atoms with Gasteiger partial charge in [-0.3, -0.25) is 4.79 Å². The molecule has 110 valence electrons. The summed E-state index contributed by atoms with van der Waals surface area (Å²) in [7, 11) is 4.15. The second-order valence-corrected chi connectivity index (χ2v) is 6.96. The zero-order valence-corrected chi connectivity index (χ0v) is 12.9. The highest BCUT2D eigenvalue weighted by molar-refractivity contribution is 5.83. The van der Waals surface area contributed by atoms with Gasteiger partial charge < -0.3 is 15.1 Å². The molecule has 2 fully saturated rings. The van der Waals surface area contributed by atoms with Crippen LogP contribution in [0.1, 0.15) is 39.5 Å². The summed E-state index contributed by atoms with van der Waals surface area (Å²) in [6, 6.07) is 0.411. The number of piperidine rings is 2. The number of hydrogen-bond acceptors (Lipinski definition) is 3. The second-order valence-electron chi connectivity index (χ2n) is 6.96. The van der Waals surface area contributed by atoms with Crippen LogP contribution in [0.5, 0.6) is 0 Å². The number of nitrogens with zero attached hydrogens (tertiary/aromatic N) is 2. The first-order valence-corrected chi connectivity index (χ1v) is 7.60. The van der Waals surface area contributed by atoms with Crippen molar-refractivity contribution in [1.82, 2.24) is 15.1 Å². The number of likely N-dealkylation sites (tertiary alicyclic amines) is 1. The molecular weight excluding hydrogens is 238 g/mol. The van der Waals surface area contributed by atoms with Gasteiger partial charge in [0.25, 0.3) is 0 Å².